The molecule has 2 fully saturated rings. The van der Waals surface area contributed by atoms with Gasteiger partial charge in [0.2, 0.25) is 5.91 Å². The van der Waals surface area contributed by atoms with Crippen molar-refractivity contribution in [1.82, 2.24) is 9.96 Å². The summed E-state index contributed by atoms with van der Waals surface area (Å²) in [7, 11) is -4.50. The minimum atomic E-state index is -4.50. The smallest absolute Gasteiger partial charge is 0.421 e. The van der Waals surface area contributed by atoms with Gasteiger partial charge in [-0.1, -0.05) is 20.8 Å². The van der Waals surface area contributed by atoms with Crippen LogP contribution in [0.5, 0.6) is 0 Å². The van der Waals surface area contributed by atoms with E-state index in [2.05, 4.69) is 0 Å². The second-order valence-corrected chi connectivity index (χ2v) is 8.84. The van der Waals surface area contributed by atoms with Crippen molar-refractivity contribution in [3.63, 3.8) is 0 Å². The Labute approximate surface area is 164 Å². The number of rotatable bonds is 10. The number of nitrogens with two attached hydrogens (primary N) is 1. The summed E-state index contributed by atoms with van der Waals surface area (Å²) in [6, 6.07) is -2.00. The number of urea groups is 1. The molecule has 2 saturated heterocycles. The minimum Gasteiger partial charge on any atom is -0.466 e. The summed E-state index contributed by atoms with van der Waals surface area (Å²) in [6.45, 7) is 5.26. The topological polar surface area (TPSA) is 146 Å². The summed E-state index contributed by atoms with van der Waals surface area (Å²) in [5, 5.41) is 0.730. The van der Waals surface area contributed by atoms with E-state index in [-0.39, 0.29) is 32.1 Å². The van der Waals surface area contributed by atoms with E-state index in [0.29, 0.717) is 19.3 Å². The number of amides is 3. The number of piperidine rings is 1. The van der Waals surface area contributed by atoms with Gasteiger partial charge in [0.05, 0.1) is 19.3 Å². The van der Waals surface area contributed by atoms with Gasteiger partial charge in [-0.15, -0.1) is 4.28 Å². The molecular weight excluding hydrogens is 394 g/mol. The van der Waals surface area contributed by atoms with Crippen molar-refractivity contribution in [2.24, 2.45) is 11.1 Å². The van der Waals surface area contributed by atoms with Crippen molar-refractivity contribution < 1.29 is 36.0 Å². The van der Waals surface area contributed by atoms with Gasteiger partial charge >= 0.3 is 22.4 Å². The third-order valence-electron chi connectivity index (χ3n) is 4.75. The maximum atomic E-state index is 12.4. The molecule has 0 aromatic carbocycles. The van der Waals surface area contributed by atoms with Crippen molar-refractivity contribution in [2.75, 3.05) is 19.8 Å². The lowest BCUT2D eigenvalue weighted by Crippen LogP contribution is -2.47. The third kappa shape index (κ3) is 5.55. The molecule has 2 heterocycles. The van der Waals surface area contributed by atoms with Crippen LogP contribution in [0.25, 0.3) is 0 Å². The molecule has 2 rings (SSSR count). The fourth-order valence-corrected chi connectivity index (χ4v) is 3.88. The number of carbonyl (C=O) groups excluding carboxylic acids is 3. The van der Waals surface area contributed by atoms with E-state index in [1.54, 1.807) is 20.8 Å². The maximum Gasteiger partial charge on any atom is 0.421 e. The van der Waals surface area contributed by atoms with Gasteiger partial charge in [0.25, 0.3) is 0 Å². The number of carbonyl (C=O) groups is 3. The van der Waals surface area contributed by atoms with Crippen LogP contribution in [0.1, 0.15) is 46.5 Å². The molecular formula is C16H27N3O8S. The molecule has 160 valence electrons. The molecule has 0 saturated carbocycles. The standard InChI is InChI=1S/C16H27N3O8S/c1-4-13(20)25-8-7-16(2,3)10-26-28(23,24)27-19-11-5-6-12(14(17)21)18(9-11)15(19)22/h11-12H,4-10H2,1-3H3,(H2,17,21)/t11-,12+/m1/s1. The van der Waals surface area contributed by atoms with E-state index >= 15 is 0 Å². The summed E-state index contributed by atoms with van der Waals surface area (Å²) in [4.78, 5) is 36.2. The first-order valence-corrected chi connectivity index (χ1v) is 10.4. The van der Waals surface area contributed by atoms with E-state index in [4.69, 9.17) is 18.9 Å². The van der Waals surface area contributed by atoms with E-state index in [9.17, 15) is 22.8 Å². The number of primary amides is 1. The summed E-state index contributed by atoms with van der Waals surface area (Å²) in [5.74, 6) is -0.978. The lowest BCUT2D eigenvalue weighted by molar-refractivity contribution is -0.144. The Bertz CT molecular complexity index is 723. The predicted molar refractivity (Wildman–Crippen MR) is 95.6 cm³/mol. The normalized spacial score (nSPS) is 22.5. The van der Waals surface area contributed by atoms with Crippen molar-refractivity contribution in [2.45, 2.75) is 58.5 Å². The zero-order valence-corrected chi connectivity index (χ0v) is 17.1. The average Bonchev–Trinajstić information content (AvgIpc) is 2.84. The molecule has 2 aliphatic heterocycles. The van der Waals surface area contributed by atoms with Crippen LogP contribution < -0.4 is 5.73 Å². The largest absolute Gasteiger partial charge is 0.466 e. The number of hydrogen-bond acceptors (Lipinski definition) is 8. The third-order valence-corrected chi connectivity index (χ3v) is 5.50. The molecule has 2 bridgehead atoms. The van der Waals surface area contributed by atoms with Crippen molar-refractivity contribution in [3.05, 3.63) is 0 Å². The van der Waals surface area contributed by atoms with Gasteiger partial charge in [-0.25, -0.2) is 8.98 Å². The van der Waals surface area contributed by atoms with Crippen LogP contribution in [0, 0.1) is 5.41 Å². The summed E-state index contributed by atoms with van der Waals surface area (Å²) >= 11 is 0. The molecule has 0 unspecified atom stereocenters. The Morgan fingerprint density at radius 1 is 1.29 bits per heavy atom. The van der Waals surface area contributed by atoms with Gasteiger partial charge in [-0.05, 0) is 24.7 Å². The van der Waals surface area contributed by atoms with Gasteiger partial charge < -0.3 is 15.4 Å². The molecule has 0 radical (unpaired) electrons. The van der Waals surface area contributed by atoms with Crippen LogP contribution >= 0.6 is 0 Å². The maximum absolute atomic E-state index is 12.4. The molecule has 0 aromatic rings. The van der Waals surface area contributed by atoms with Crippen LogP contribution in [-0.4, -0.2) is 68.1 Å². The zero-order chi connectivity index (χ0) is 21.1. The highest BCUT2D eigenvalue weighted by atomic mass is 32.3. The van der Waals surface area contributed by atoms with Gasteiger partial charge in [0.15, 0.2) is 0 Å². The highest BCUT2D eigenvalue weighted by Gasteiger charge is 2.49. The molecule has 0 aromatic heterocycles. The number of nitrogens with zero attached hydrogens (tertiary/aromatic N) is 2. The van der Waals surface area contributed by atoms with Crippen molar-refractivity contribution in [1.29, 1.82) is 0 Å². The fraction of sp³-hybridized carbons (Fsp3) is 0.812. The fourth-order valence-electron chi connectivity index (χ4n) is 2.99. The van der Waals surface area contributed by atoms with Gasteiger partial charge in [0.1, 0.15) is 6.04 Å². The molecule has 0 aliphatic carbocycles. The molecule has 12 heteroatoms. The molecule has 3 amide bonds. The molecule has 2 atom stereocenters. The molecule has 0 spiro atoms. The van der Waals surface area contributed by atoms with Crippen LogP contribution in [0.2, 0.25) is 0 Å². The number of ether oxygens (including phenoxy) is 1. The van der Waals surface area contributed by atoms with E-state index in [0.717, 1.165) is 5.06 Å². The van der Waals surface area contributed by atoms with E-state index in [1.807, 2.05) is 0 Å². The van der Waals surface area contributed by atoms with Crippen LogP contribution in [-0.2, 0) is 33.2 Å². The van der Waals surface area contributed by atoms with Crippen LogP contribution in [0.4, 0.5) is 4.79 Å². The molecule has 2 aliphatic rings. The Balaban J connectivity index is 1.89. The van der Waals surface area contributed by atoms with E-state index < -0.39 is 39.8 Å². The Morgan fingerprint density at radius 2 is 1.96 bits per heavy atom. The lowest BCUT2D eigenvalue weighted by Gasteiger charge is -2.27. The summed E-state index contributed by atoms with van der Waals surface area (Å²) in [6.07, 6.45) is 1.38. The van der Waals surface area contributed by atoms with Crippen LogP contribution in [0.15, 0.2) is 0 Å². The second-order valence-electron chi connectivity index (χ2n) is 7.64. The quantitative estimate of drug-likeness (QED) is 0.496. The zero-order valence-electron chi connectivity index (χ0n) is 16.3. The first-order chi connectivity index (χ1) is 13.0. The first-order valence-electron chi connectivity index (χ1n) is 9.09. The highest BCUT2D eigenvalue weighted by molar-refractivity contribution is 7.81. The minimum absolute atomic E-state index is 0.139. The average molecular weight is 421 g/mol. The molecule has 11 nitrogen and oxygen atoms in total. The highest BCUT2D eigenvalue weighted by Crippen LogP contribution is 2.31. The SMILES string of the molecule is CCC(=O)OCCC(C)(C)COS(=O)(=O)ON1C(=O)N2C[C@H]1CC[C@H]2C(N)=O. The Hall–Kier alpha value is -1.92. The monoisotopic (exact) mass is 421 g/mol. The summed E-state index contributed by atoms with van der Waals surface area (Å²) < 4.78 is 39.1. The second kappa shape index (κ2) is 8.62. The summed E-state index contributed by atoms with van der Waals surface area (Å²) in [5.41, 5.74) is 4.67. The van der Waals surface area contributed by atoms with Crippen molar-refractivity contribution in [3.8, 4) is 0 Å². The van der Waals surface area contributed by atoms with Crippen LogP contribution in [0.3, 0.4) is 0 Å². The number of hydroxylamine groups is 2. The predicted octanol–water partition coefficient (Wildman–Crippen LogP) is 0.303. The number of esters is 1. The Morgan fingerprint density at radius 3 is 2.57 bits per heavy atom. The number of hydrogen-bond donors (Lipinski definition) is 1. The molecule has 2 N–H and O–H groups in total. The van der Waals surface area contributed by atoms with Gasteiger partial charge in [-0.2, -0.15) is 13.5 Å². The lowest BCUT2D eigenvalue weighted by atomic mass is 9.91. The van der Waals surface area contributed by atoms with Crippen molar-refractivity contribution >= 4 is 28.3 Å². The number of fused-ring (bicyclic) bond motifs is 2. The van der Waals surface area contributed by atoms with Gasteiger partial charge in [-0.3, -0.25) is 9.59 Å². The van der Waals surface area contributed by atoms with Gasteiger partial charge in [0, 0.05) is 13.0 Å². The molecule has 28 heavy (non-hydrogen) atoms. The first kappa shape index (κ1) is 22.4. The van der Waals surface area contributed by atoms with E-state index in [1.165, 1.54) is 4.90 Å². The Kier molecular flexibility index (Phi) is 6.88.